The number of nitrogens with zero attached hydrogens (tertiary/aromatic N) is 4. The van der Waals surface area contributed by atoms with Gasteiger partial charge in [0.1, 0.15) is 11.4 Å². The molecule has 2 fully saturated rings. The second kappa shape index (κ2) is 7.68. The number of morpholine rings is 1. The standard InChI is InChI=1S/C23H21FN6O6/c1-9-8-30-16-11(7-23(18(30)10(2)35-9)19(31)27-21(33)28-20(23)32)6-12-15(29-36-17(12)14(16)24)13-4-5-25-22(26-13)34-3/h4-6,9-10,18H,7-8H2,1-3H3,(H2,27,28,31,32,33)/t9-,10+,18-/m1/s1. The molecule has 186 valence electrons. The van der Waals surface area contributed by atoms with E-state index in [1.54, 1.807) is 24.0 Å². The summed E-state index contributed by atoms with van der Waals surface area (Å²) in [6.07, 6.45) is 0.367. The molecule has 0 unspecified atom stereocenters. The fourth-order valence-electron chi connectivity index (χ4n) is 5.70. The van der Waals surface area contributed by atoms with Crippen LogP contribution < -0.4 is 20.3 Å². The van der Waals surface area contributed by atoms with Crippen molar-refractivity contribution in [2.75, 3.05) is 18.6 Å². The highest BCUT2D eigenvalue weighted by molar-refractivity contribution is 6.20. The summed E-state index contributed by atoms with van der Waals surface area (Å²) in [4.78, 5) is 48.4. The first kappa shape index (κ1) is 22.3. The minimum atomic E-state index is -1.73. The Hall–Kier alpha value is -4.13. The zero-order valence-corrected chi connectivity index (χ0v) is 19.5. The summed E-state index contributed by atoms with van der Waals surface area (Å²) in [5, 5.41) is 8.78. The first-order valence-electron chi connectivity index (χ1n) is 11.3. The van der Waals surface area contributed by atoms with Crippen molar-refractivity contribution in [2.24, 2.45) is 5.41 Å². The van der Waals surface area contributed by atoms with Crippen LogP contribution in [0.1, 0.15) is 19.4 Å². The number of urea groups is 1. The van der Waals surface area contributed by atoms with Gasteiger partial charge in [-0.25, -0.2) is 14.2 Å². The molecule has 0 radical (unpaired) electrons. The first-order chi connectivity index (χ1) is 17.2. The molecule has 13 heteroatoms. The number of halogens is 1. The summed E-state index contributed by atoms with van der Waals surface area (Å²) in [6.45, 7) is 3.76. The van der Waals surface area contributed by atoms with Crippen molar-refractivity contribution in [2.45, 2.75) is 38.5 Å². The van der Waals surface area contributed by atoms with Gasteiger partial charge in [-0.05, 0) is 31.5 Å². The molecule has 3 aromatic rings. The molecule has 3 aliphatic heterocycles. The lowest BCUT2D eigenvalue weighted by molar-refractivity contribution is -0.153. The van der Waals surface area contributed by atoms with Crippen LogP contribution in [0.15, 0.2) is 22.9 Å². The third-order valence-electron chi connectivity index (χ3n) is 7.02. The van der Waals surface area contributed by atoms with Gasteiger partial charge in [0.25, 0.3) is 0 Å². The highest BCUT2D eigenvalue weighted by atomic mass is 19.1. The SMILES string of the molecule is COc1nccc(-c2noc3c(F)c4c(cc23)CC2(C(=O)NC(=O)NC2=O)[C@H]2[C@H](C)O[C@H](C)CN42)n1. The fourth-order valence-corrected chi connectivity index (χ4v) is 5.70. The number of carbonyl (C=O) groups is 3. The normalized spacial score (nSPS) is 24.8. The van der Waals surface area contributed by atoms with Crippen LogP contribution in [0.25, 0.3) is 22.4 Å². The molecule has 0 bridgehead atoms. The second-order valence-electron chi connectivity index (χ2n) is 9.17. The van der Waals surface area contributed by atoms with Crippen LogP contribution in [0.4, 0.5) is 14.9 Å². The Kier molecular flexibility index (Phi) is 4.77. The highest BCUT2D eigenvalue weighted by Crippen LogP contribution is 2.49. The number of carbonyl (C=O) groups excluding carboxylic acids is 3. The molecule has 5 heterocycles. The smallest absolute Gasteiger partial charge is 0.328 e. The Morgan fingerprint density at radius 1 is 1.22 bits per heavy atom. The van der Waals surface area contributed by atoms with Crippen LogP contribution in [0.5, 0.6) is 6.01 Å². The number of fused-ring (bicyclic) bond motifs is 5. The molecule has 1 aromatic carbocycles. The number of nitrogens with one attached hydrogen (secondary N) is 2. The molecular formula is C23H21FN6O6. The molecule has 6 rings (SSSR count). The summed E-state index contributed by atoms with van der Waals surface area (Å²) < 4.78 is 32.6. The summed E-state index contributed by atoms with van der Waals surface area (Å²) >= 11 is 0. The maximum Gasteiger partial charge on any atom is 0.328 e. The van der Waals surface area contributed by atoms with Crippen LogP contribution >= 0.6 is 0 Å². The summed E-state index contributed by atoms with van der Waals surface area (Å²) in [6, 6.07) is 1.56. The minimum Gasteiger partial charge on any atom is -0.467 e. The first-order valence-corrected chi connectivity index (χ1v) is 11.3. The zero-order valence-electron chi connectivity index (χ0n) is 19.5. The van der Waals surface area contributed by atoms with Gasteiger partial charge in [-0.15, -0.1) is 0 Å². The van der Waals surface area contributed by atoms with Gasteiger partial charge in [-0.1, -0.05) is 5.16 Å². The van der Waals surface area contributed by atoms with E-state index in [9.17, 15) is 14.4 Å². The largest absolute Gasteiger partial charge is 0.467 e. The fraction of sp³-hybridized carbons (Fsp3) is 0.391. The summed E-state index contributed by atoms with van der Waals surface area (Å²) in [5.41, 5.74) is -0.620. The molecule has 3 aliphatic rings. The molecule has 3 atom stereocenters. The molecule has 2 N–H and O–H groups in total. The van der Waals surface area contributed by atoms with Crippen LogP contribution in [-0.2, 0) is 20.7 Å². The van der Waals surface area contributed by atoms with Gasteiger partial charge in [0, 0.05) is 19.2 Å². The van der Waals surface area contributed by atoms with Gasteiger partial charge in [-0.2, -0.15) is 4.98 Å². The van der Waals surface area contributed by atoms with Crippen LogP contribution in [0, 0.1) is 11.2 Å². The molecule has 0 saturated carbocycles. The second-order valence-corrected chi connectivity index (χ2v) is 9.17. The van der Waals surface area contributed by atoms with Gasteiger partial charge < -0.3 is 18.9 Å². The monoisotopic (exact) mass is 496 g/mol. The number of imide groups is 2. The van der Waals surface area contributed by atoms with E-state index in [0.717, 1.165) is 0 Å². The Morgan fingerprint density at radius 2 is 1.97 bits per heavy atom. The number of amides is 4. The lowest BCUT2D eigenvalue weighted by atomic mass is 9.66. The quantitative estimate of drug-likeness (QED) is 0.498. The Labute approximate surface area is 203 Å². The van der Waals surface area contributed by atoms with Crippen molar-refractivity contribution in [3.63, 3.8) is 0 Å². The molecule has 12 nitrogen and oxygen atoms in total. The third kappa shape index (κ3) is 2.95. The van der Waals surface area contributed by atoms with E-state index in [2.05, 4.69) is 25.8 Å². The van der Waals surface area contributed by atoms with Crippen LogP contribution in [-0.4, -0.2) is 64.9 Å². The van der Waals surface area contributed by atoms with Crippen LogP contribution in [0.2, 0.25) is 0 Å². The van der Waals surface area contributed by atoms with Crippen molar-refractivity contribution in [3.05, 3.63) is 29.7 Å². The number of ether oxygens (including phenoxy) is 2. The number of anilines is 1. The van der Waals surface area contributed by atoms with E-state index < -0.39 is 41.2 Å². The number of barbiturate groups is 1. The molecular weight excluding hydrogens is 475 g/mol. The molecule has 1 spiro atoms. The molecule has 4 amide bonds. The summed E-state index contributed by atoms with van der Waals surface area (Å²) in [7, 11) is 1.42. The maximum atomic E-state index is 16.1. The van der Waals surface area contributed by atoms with E-state index in [1.807, 2.05) is 6.92 Å². The molecule has 2 aromatic heterocycles. The minimum absolute atomic E-state index is 0.0875. The number of rotatable bonds is 2. The number of benzene rings is 1. The number of aromatic nitrogens is 3. The number of methoxy groups -OCH3 is 1. The highest BCUT2D eigenvalue weighted by Gasteiger charge is 2.63. The van der Waals surface area contributed by atoms with Crippen molar-refractivity contribution >= 4 is 34.5 Å². The van der Waals surface area contributed by atoms with E-state index >= 15 is 4.39 Å². The summed E-state index contributed by atoms with van der Waals surface area (Å²) in [5.74, 6) is -2.18. The Bertz CT molecular complexity index is 1440. The van der Waals surface area contributed by atoms with Gasteiger partial charge in [0.2, 0.25) is 17.4 Å². The van der Waals surface area contributed by atoms with Crippen LogP contribution in [0.3, 0.4) is 0 Å². The topological polar surface area (TPSA) is 149 Å². The lowest BCUT2D eigenvalue weighted by Crippen LogP contribution is -2.75. The van der Waals surface area contributed by atoms with Gasteiger partial charge in [0.15, 0.2) is 11.2 Å². The van der Waals surface area contributed by atoms with Crippen molar-refractivity contribution in [3.8, 4) is 17.4 Å². The predicted molar refractivity (Wildman–Crippen MR) is 121 cm³/mol. The van der Waals surface area contributed by atoms with E-state index in [4.69, 9.17) is 14.0 Å². The Balaban J connectivity index is 1.59. The van der Waals surface area contributed by atoms with Crippen molar-refractivity contribution < 1.29 is 32.8 Å². The van der Waals surface area contributed by atoms with Gasteiger partial charge in [-0.3, -0.25) is 20.2 Å². The average molecular weight is 496 g/mol. The molecule has 2 saturated heterocycles. The molecule has 0 aliphatic carbocycles. The van der Waals surface area contributed by atoms with Crippen molar-refractivity contribution in [1.82, 2.24) is 25.8 Å². The average Bonchev–Trinajstić information content (AvgIpc) is 3.26. The van der Waals surface area contributed by atoms with E-state index in [-0.39, 0.29) is 42.0 Å². The number of hydrogen-bond acceptors (Lipinski definition) is 10. The Morgan fingerprint density at radius 3 is 2.69 bits per heavy atom. The maximum absolute atomic E-state index is 16.1. The van der Waals surface area contributed by atoms with Crippen molar-refractivity contribution in [1.29, 1.82) is 0 Å². The van der Waals surface area contributed by atoms with E-state index in [1.165, 1.54) is 13.3 Å². The lowest BCUT2D eigenvalue weighted by Gasteiger charge is -2.55. The van der Waals surface area contributed by atoms with Gasteiger partial charge >= 0.3 is 12.0 Å². The third-order valence-corrected chi connectivity index (χ3v) is 7.02. The predicted octanol–water partition coefficient (Wildman–Crippen LogP) is 1.32. The zero-order chi connectivity index (χ0) is 25.4. The van der Waals surface area contributed by atoms with E-state index in [0.29, 0.717) is 16.6 Å². The molecule has 36 heavy (non-hydrogen) atoms. The number of hydrogen-bond donors (Lipinski definition) is 2. The van der Waals surface area contributed by atoms with Gasteiger partial charge in [0.05, 0.1) is 36.4 Å².